The Labute approximate surface area is 131 Å². The van der Waals surface area contributed by atoms with Crippen LogP contribution in [0.2, 0.25) is 0 Å². The Hall–Kier alpha value is -0.750. The van der Waals surface area contributed by atoms with Crippen LogP contribution in [0.5, 0.6) is 0 Å². The van der Waals surface area contributed by atoms with Gasteiger partial charge in [-0.2, -0.15) is 0 Å². The molecule has 0 amide bonds. The van der Waals surface area contributed by atoms with Gasteiger partial charge in [0.05, 0.1) is 30.5 Å². The van der Waals surface area contributed by atoms with Gasteiger partial charge in [0.25, 0.3) is 0 Å². The van der Waals surface area contributed by atoms with Gasteiger partial charge in [0.2, 0.25) is 0 Å². The van der Waals surface area contributed by atoms with Crippen molar-refractivity contribution < 1.29 is 9.84 Å². The second-order valence-electron chi connectivity index (χ2n) is 5.65. The molecular weight excluding hydrogens is 284 g/mol. The first-order valence-corrected chi connectivity index (χ1v) is 8.64. The summed E-state index contributed by atoms with van der Waals surface area (Å²) >= 11 is 1.67. The number of thiazole rings is 1. The van der Waals surface area contributed by atoms with Crippen LogP contribution in [0, 0.1) is 12.8 Å². The number of aliphatic hydroxyl groups is 1. The van der Waals surface area contributed by atoms with Crippen molar-refractivity contribution in [3.63, 3.8) is 0 Å². The zero-order chi connectivity index (χ0) is 14.9. The molecule has 5 heteroatoms. The Balaban J connectivity index is 1.48. The minimum atomic E-state index is -0.424. The highest BCUT2D eigenvalue weighted by Gasteiger charge is 2.10. The van der Waals surface area contributed by atoms with E-state index in [9.17, 15) is 5.11 Å². The largest absolute Gasteiger partial charge is 0.389 e. The molecule has 0 saturated heterocycles. The van der Waals surface area contributed by atoms with E-state index in [0.29, 0.717) is 19.8 Å². The lowest BCUT2D eigenvalue weighted by Crippen LogP contribution is -2.33. The van der Waals surface area contributed by atoms with Crippen molar-refractivity contribution in [2.45, 2.75) is 38.7 Å². The van der Waals surface area contributed by atoms with Gasteiger partial charge in [-0.25, -0.2) is 4.98 Å². The van der Waals surface area contributed by atoms with Crippen LogP contribution >= 0.6 is 11.3 Å². The predicted molar refractivity (Wildman–Crippen MR) is 86.7 cm³/mol. The number of hydrogen-bond donors (Lipinski definition) is 2. The molecule has 2 rings (SSSR count). The van der Waals surface area contributed by atoms with E-state index in [-0.39, 0.29) is 0 Å². The first kappa shape index (κ1) is 16.6. The summed E-state index contributed by atoms with van der Waals surface area (Å²) < 4.78 is 5.54. The van der Waals surface area contributed by atoms with Crippen molar-refractivity contribution in [1.82, 2.24) is 10.3 Å². The summed E-state index contributed by atoms with van der Waals surface area (Å²) in [5.74, 6) is 0.720. The summed E-state index contributed by atoms with van der Waals surface area (Å²) in [6.45, 7) is 4.66. The number of nitrogens with one attached hydrogen (secondary N) is 1. The zero-order valence-electron chi connectivity index (χ0n) is 12.8. The van der Waals surface area contributed by atoms with E-state index in [1.165, 1.54) is 17.7 Å². The second-order valence-corrected chi connectivity index (χ2v) is 6.59. The third-order valence-corrected chi connectivity index (χ3v) is 4.81. The molecule has 1 aromatic heterocycles. The maximum absolute atomic E-state index is 9.88. The Morgan fingerprint density at radius 2 is 2.43 bits per heavy atom. The molecule has 21 heavy (non-hydrogen) atoms. The summed E-state index contributed by atoms with van der Waals surface area (Å²) in [5, 5.41) is 13.2. The Morgan fingerprint density at radius 3 is 3.14 bits per heavy atom. The number of ether oxygens (including phenoxy) is 1. The molecule has 118 valence electrons. The summed E-state index contributed by atoms with van der Waals surface area (Å²) in [7, 11) is 0. The highest BCUT2D eigenvalue weighted by molar-refractivity contribution is 7.09. The van der Waals surface area contributed by atoms with E-state index in [2.05, 4.69) is 22.5 Å². The summed E-state index contributed by atoms with van der Waals surface area (Å²) in [6.07, 6.45) is 8.57. The van der Waals surface area contributed by atoms with Gasteiger partial charge in [0, 0.05) is 17.8 Å². The average Bonchev–Trinajstić information content (AvgIpc) is 2.90. The number of hydrogen-bond acceptors (Lipinski definition) is 5. The van der Waals surface area contributed by atoms with Crippen LogP contribution in [0.3, 0.4) is 0 Å². The minimum Gasteiger partial charge on any atom is -0.389 e. The third kappa shape index (κ3) is 6.26. The van der Waals surface area contributed by atoms with Crippen molar-refractivity contribution in [1.29, 1.82) is 0 Å². The summed E-state index contributed by atoms with van der Waals surface area (Å²) in [6, 6.07) is 0. The van der Waals surface area contributed by atoms with Crippen molar-refractivity contribution in [2.24, 2.45) is 5.92 Å². The van der Waals surface area contributed by atoms with Crippen LogP contribution in [-0.4, -0.2) is 42.5 Å². The molecule has 4 nitrogen and oxygen atoms in total. The lowest BCUT2D eigenvalue weighted by atomic mass is 9.94. The summed E-state index contributed by atoms with van der Waals surface area (Å²) in [5.41, 5.74) is 2.96. The highest BCUT2D eigenvalue weighted by Crippen LogP contribution is 2.16. The maximum atomic E-state index is 9.88. The maximum Gasteiger partial charge on any atom is 0.0897 e. The van der Waals surface area contributed by atoms with Gasteiger partial charge in [-0.3, -0.25) is 0 Å². The lowest BCUT2D eigenvalue weighted by Gasteiger charge is -2.19. The van der Waals surface area contributed by atoms with Crippen molar-refractivity contribution >= 4 is 11.3 Å². The normalized spacial score (nSPS) is 19.8. The molecule has 2 unspecified atom stereocenters. The molecule has 2 N–H and O–H groups in total. The molecule has 0 saturated carbocycles. The van der Waals surface area contributed by atoms with Crippen molar-refractivity contribution in [3.05, 3.63) is 28.2 Å². The lowest BCUT2D eigenvalue weighted by molar-refractivity contribution is 0.0380. The van der Waals surface area contributed by atoms with Gasteiger partial charge >= 0.3 is 0 Å². The van der Waals surface area contributed by atoms with Crippen LogP contribution in [-0.2, 0) is 11.2 Å². The first-order valence-electron chi connectivity index (χ1n) is 7.76. The SMILES string of the molecule is Cc1ncsc1CCOCC(O)CNCC1CC=CCC1. The Morgan fingerprint density at radius 1 is 1.52 bits per heavy atom. The molecule has 0 bridgehead atoms. The number of aliphatic hydroxyl groups excluding tert-OH is 1. The Kier molecular flexibility index (Phi) is 7.36. The van der Waals surface area contributed by atoms with E-state index in [1.54, 1.807) is 11.3 Å². The van der Waals surface area contributed by atoms with Gasteiger partial charge in [-0.1, -0.05) is 12.2 Å². The van der Waals surface area contributed by atoms with Gasteiger partial charge in [-0.05, 0) is 38.6 Å². The summed E-state index contributed by atoms with van der Waals surface area (Å²) in [4.78, 5) is 5.49. The number of aryl methyl sites for hydroxylation is 1. The number of aromatic nitrogens is 1. The van der Waals surface area contributed by atoms with Crippen LogP contribution in [0.15, 0.2) is 17.7 Å². The predicted octanol–water partition coefficient (Wildman–Crippen LogP) is 2.32. The zero-order valence-corrected chi connectivity index (χ0v) is 13.6. The number of rotatable bonds is 9. The minimum absolute atomic E-state index is 0.398. The fourth-order valence-electron chi connectivity index (χ4n) is 2.51. The first-order chi connectivity index (χ1) is 10.3. The van der Waals surface area contributed by atoms with Gasteiger partial charge in [0.15, 0.2) is 0 Å². The van der Waals surface area contributed by atoms with E-state index in [4.69, 9.17) is 4.74 Å². The fourth-order valence-corrected chi connectivity index (χ4v) is 3.27. The molecule has 0 fully saturated rings. The molecule has 1 aromatic rings. The van der Waals surface area contributed by atoms with E-state index >= 15 is 0 Å². The number of allylic oxidation sites excluding steroid dienone is 2. The Bertz CT molecular complexity index is 434. The van der Waals surface area contributed by atoms with Gasteiger partial charge < -0.3 is 15.2 Å². The molecule has 0 radical (unpaired) electrons. The van der Waals surface area contributed by atoms with Crippen LogP contribution < -0.4 is 5.32 Å². The second kappa shape index (κ2) is 9.30. The molecular formula is C16H26N2O2S. The highest BCUT2D eigenvalue weighted by atomic mass is 32.1. The molecule has 0 aliphatic heterocycles. The molecule has 0 aromatic carbocycles. The van der Waals surface area contributed by atoms with Crippen LogP contribution in [0.4, 0.5) is 0 Å². The van der Waals surface area contributed by atoms with Crippen LogP contribution in [0.25, 0.3) is 0 Å². The van der Waals surface area contributed by atoms with Crippen molar-refractivity contribution in [2.75, 3.05) is 26.3 Å². The van der Waals surface area contributed by atoms with E-state index < -0.39 is 6.10 Å². The van der Waals surface area contributed by atoms with Gasteiger partial charge in [0.1, 0.15) is 0 Å². The molecule has 1 aliphatic carbocycles. The van der Waals surface area contributed by atoms with Crippen LogP contribution in [0.1, 0.15) is 29.8 Å². The van der Waals surface area contributed by atoms with E-state index in [1.807, 2.05) is 12.4 Å². The van der Waals surface area contributed by atoms with Gasteiger partial charge in [-0.15, -0.1) is 11.3 Å². The fraction of sp³-hybridized carbons (Fsp3) is 0.688. The molecule has 2 atom stereocenters. The molecule has 1 aliphatic rings. The standard InChI is InChI=1S/C16H26N2O2S/c1-13-16(21-12-18-13)7-8-20-11-15(19)10-17-9-14-5-3-2-4-6-14/h2-3,12,14-15,17,19H,4-11H2,1H3. The topological polar surface area (TPSA) is 54.4 Å². The molecule has 1 heterocycles. The monoisotopic (exact) mass is 310 g/mol. The van der Waals surface area contributed by atoms with E-state index in [0.717, 1.165) is 31.0 Å². The quantitative estimate of drug-likeness (QED) is 0.543. The third-order valence-electron chi connectivity index (χ3n) is 3.82. The smallest absolute Gasteiger partial charge is 0.0897 e. The molecule has 0 spiro atoms. The van der Waals surface area contributed by atoms with Crippen molar-refractivity contribution in [3.8, 4) is 0 Å². The average molecular weight is 310 g/mol. The number of nitrogens with zero attached hydrogens (tertiary/aromatic N) is 1.